The highest BCUT2D eigenvalue weighted by Gasteiger charge is 2.26. The molecule has 1 heterocycles. The number of carbonyl (C=O) groups excluding carboxylic acids is 2. The largest absolute Gasteiger partial charge is 0.343 e. The van der Waals surface area contributed by atoms with Gasteiger partial charge < -0.3 is 16.0 Å². The van der Waals surface area contributed by atoms with E-state index in [4.69, 9.17) is 10.7 Å². The normalized spacial score (nSPS) is 18.3. The summed E-state index contributed by atoms with van der Waals surface area (Å²) in [6.07, 6.45) is 6.03. The van der Waals surface area contributed by atoms with E-state index in [-0.39, 0.29) is 23.9 Å². The minimum atomic E-state index is -0.0247. The summed E-state index contributed by atoms with van der Waals surface area (Å²) < 4.78 is 0. The van der Waals surface area contributed by atoms with Crippen molar-refractivity contribution in [2.75, 3.05) is 12.4 Å². The van der Waals surface area contributed by atoms with Crippen LogP contribution in [0.5, 0.6) is 0 Å². The molecule has 36 heavy (non-hydrogen) atoms. The lowest BCUT2D eigenvalue weighted by Crippen LogP contribution is -2.38. The summed E-state index contributed by atoms with van der Waals surface area (Å²) in [7, 11) is 1.87. The molecule has 1 fully saturated rings. The van der Waals surface area contributed by atoms with Gasteiger partial charge in [-0.1, -0.05) is 54.6 Å². The van der Waals surface area contributed by atoms with Crippen molar-refractivity contribution in [3.8, 4) is 22.4 Å². The average molecular weight is 485 g/mol. The fourth-order valence-electron chi connectivity index (χ4n) is 5.01. The molecule has 4 rings (SSSR count). The Morgan fingerprint density at radius 2 is 1.69 bits per heavy atom. The minimum absolute atomic E-state index is 0.00761. The highest BCUT2D eigenvalue weighted by atomic mass is 16.2. The van der Waals surface area contributed by atoms with E-state index in [2.05, 4.69) is 17.4 Å². The molecule has 0 saturated heterocycles. The lowest BCUT2D eigenvalue weighted by atomic mass is 9.83. The second-order valence-electron chi connectivity index (χ2n) is 9.95. The molecule has 0 unspecified atom stereocenters. The second-order valence-corrected chi connectivity index (χ2v) is 9.95. The molecule has 3 N–H and O–H groups in total. The van der Waals surface area contributed by atoms with Gasteiger partial charge in [-0.3, -0.25) is 14.6 Å². The SMILES string of the molecule is CC(=O)N(C)C1CCC(CC(=O)Nc2cnc(-c3ccc([C@@H](C)N)cc3)c(-c3ccccc3)c2)CC1. The fraction of sp³-hybridized carbons (Fsp3) is 0.367. The van der Waals surface area contributed by atoms with E-state index in [1.807, 2.05) is 67.4 Å². The van der Waals surface area contributed by atoms with Crippen molar-refractivity contribution in [1.29, 1.82) is 0 Å². The Labute approximate surface area is 213 Å². The number of pyridine rings is 1. The summed E-state index contributed by atoms with van der Waals surface area (Å²) >= 11 is 0. The highest BCUT2D eigenvalue weighted by molar-refractivity contribution is 5.93. The number of anilines is 1. The van der Waals surface area contributed by atoms with Crippen LogP contribution < -0.4 is 11.1 Å². The van der Waals surface area contributed by atoms with E-state index >= 15 is 0 Å². The lowest BCUT2D eigenvalue weighted by Gasteiger charge is -2.34. The first kappa shape index (κ1) is 25.6. The number of benzene rings is 2. The van der Waals surface area contributed by atoms with Gasteiger partial charge in [-0.05, 0) is 55.7 Å². The van der Waals surface area contributed by atoms with Crippen molar-refractivity contribution in [1.82, 2.24) is 9.88 Å². The number of hydrogen-bond donors (Lipinski definition) is 2. The van der Waals surface area contributed by atoms with Gasteiger partial charge in [-0.15, -0.1) is 0 Å². The summed E-state index contributed by atoms with van der Waals surface area (Å²) in [6.45, 7) is 3.58. The van der Waals surface area contributed by atoms with Gasteiger partial charge in [0.25, 0.3) is 0 Å². The summed E-state index contributed by atoms with van der Waals surface area (Å²) in [5.41, 5.74) is 11.7. The molecule has 3 aromatic rings. The number of amides is 2. The predicted molar refractivity (Wildman–Crippen MR) is 145 cm³/mol. The molecule has 1 saturated carbocycles. The van der Waals surface area contributed by atoms with Crippen LogP contribution in [-0.2, 0) is 9.59 Å². The summed E-state index contributed by atoms with van der Waals surface area (Å²) in [4.78, 5) is 31.1. The predicted octanol–water partition coefficient (Wildman–Crippen LogP) is 5.80. The van der Waals surface area contributed by atoms with E-state index in [0.29, 0.717) is 18.0 Å². The molecular formula is C30H36N4O2. The van der Waals surface area contributed by atoms with E-state index in [9.17, 15) is 9.59 Å². The number of hydrogen-bond acceptors (Lipinski definition) is 4. The van der Waals surface area contributed by atoms with Crippen molar-refractivity contribution in [2.24, 2.45) is 11.7 Å². The summed E-state index contributed by atoms with van der Waals surface area (Å²) in [5, 5.41) is 3.07. The number of nitrogens with two attached hydrogens (primary N) is 1. The zero-order valence-corrected chi connectivity index (χ0v) is 21.4. The van der Waals surface area contributed by atoms with Crippen molar-refractivity contribution >= 4 is 17.5 Å². The number of nitrogens with zero attached hydrogens (tertiary/aromatic N) is 2. The van der Waals surface area contributed by atoms with E-state index in [1.165, 1.54) is 0 Å². The molecule has 188 valence electrons. The fourth-order valence-corrected chi connectivity index (χ4v) is 5.01. The van der Waals surface area contributed by atoms with Crippen molar-refractivity contribution in [3.05, 3.63) is 72.4 Å². The van der Waals surface area contributed by atoms with Gasteiger partial charge >= 0.3 is 0 Å². The molecule has 0 radical (unpaired) electrons. The molecule has 1 aliphatic carbocycles. The first-order chi connectivity index (χ1) is 17.3. The maximum absolute atomic E-state index is 12.9. The molecule has 0 aliphatic heterocycles. The van der Waals surface area contributed by atoms with Crippen LogP contribution in [0.25, 0.3) is 22.4 Å². The molecule has 1 aromatic heterocycles. The second kappa shape index (κ2) is 11.5. The van der Waals surface area contributed by atoms with Crippen molar-refractivity contribution in [3.63, 3.8) is 0 Å². The van der Waals surface area contributed by atoms with Gasteiger partial charge in [0.1, 0.15) is 0 Å². The third-order valence-corrected chi connectivity index (χ3v) is 7.30. The van der Waals surface area contributed by atoms with E-state index < -0.39 is 0 Å². The standard InChI is InChI=1S/C30H36N4O2/c1-20(31)23-11-13-25(14-12-23)30-28(24-7-5-4-6-8-24)18-26(19-32-30)33-29(36)17-22-9-15-27(16-10-22)34(3)21(2)35/h4-8,11-14,18-20,22,27H,9-10,15-17,31H2,1-3H3,(H,33,36)/t20-,22?,27?/m1/s1. The van der Waals surface area contributed by atoms with Crippen molar-refractivity contribution < 1.29 is 9.59 Å². The summed E-state index contributed by atoms with van der Waals surface area (Å²) in [6, 6.07) is 20.5. The van der Waals surface area contributed by atoms with Gasteiger partial charge in [0, 0.05) is 43.6 Å². The topological polar surface area (TPSA) is 88.3 Å². The quantitative estimate of drug-likeness (QED) is 0.443. The van der Waals surface area contributed by atoms with Crippen LogP contribution in [0, 0.1) is 5.92 Å². The third kappa shape index (κ3) is 6.18. The zero-order valence-electron chi connectivity index (χ0n) is 21.4. The molecule has 0 spiro atoms. The maximum Gasteiger partial charge on any atom is 0.224 e. The third-order valence-electron chi connectivity index (χ3n) is 7.30. The lowest BCUT2D eigenvalue weighted by molar-refractivity contribution is -0.130. The Bertz CT molecular complexity index is 1180. The van der Waals surface area contributed by atoms with Gasteiger partial charge in [-0.25, -0.2) is 0 Å². The Morgan fingerprint density at radius 1 is 1.03 bits per heavy atom. The Balaban J connectivity index is 1.48. The van der Waals surface area contributed by atoms with Crippen LogP contribution in [0.15, 0.2) is 66.9 Å². The van der Waals surface area contributed by atoms with Crippen LogP contribution in [0.3, 0.4) is 0 Å². The van der Waals surface area contributed by atoms with Crippen LogP contribution in [-0.4, -0.2) is 34.8 Å². The molecular weight excluding hydrogens is 448 g/mol. The minimum Gasteiger partial charge on any atom is -0.343 e. The molecule has 2 amide bonds. The van der Waals surface area contributed by atoms with Crippen LogP contribution >= 0.6 is 0 Å². The zero-order chi connectivity index (χ0) is 25.7. The number of carbonyl (C=O) groups is 2. The van der Waals surface area contributed by atoms with Gasteiger partial charge in [0.2, 0.25) is 11.8 Å². The smallest absolute Gasteiger partial charge is 0.224 e. The van der Waals surface area contributed by atoms with Crippen LogP contribution in [0.2, 0.25) is 0 Å². The number of rotatable bonds is 7. The maximum atomic E-state index is 12.9. The van der Waals surface area contributed by atoms with Crippen LogP contribution in [0.4, 0.5) is 5.69 Å². The van der Waals surface area contributed by atoms with Crippen molar-refractivity contribution in [2.45, 2.75) is 58.0 Å². The van der Waals surface area contributed by atoms with Gasteiger partial charge in [0.05, 0.1) is 17.6 Å². The average Bonchev–Trinajstić information content (AvgIpc) is 2.89. The number of aromatic nitrogens is 1. The van der Waals surface area contributed by atoms with Gasteiger partial charge in [0.15, 0.2) is 0 Å². The molecule has 6 heteroatoms. The first-order valence-corrected chi connectivity index (χ1v) is 12.8. The van der Waals surface area contributed by atoms with Crippen LogP contribution in [0.1, 0.15) is 57.6 Å². The molecule has 1 atom stereocenters. The van der Waals surface area contributed by atoms with Gasteiger partial charge in [-0.2, -0.15) is 0 Å². The number of nitrogens with one attached hydrogen (secondary N) is 1. The Kier molecular flexibility index (Phi) is 8.16. The Morgan fingerprint density at radius 3 is 2.31 bits per heavy atom. The first-order valence-electron chi connectivity index (χ1n) is 12.8. The van der Waals surface area contributed by atoms with E-state index in [1.54, 1.807) is 13.1 Å². The molecule has 0 bridgehead atoms. The highest BCUT2D eigenvalue weighted by Crippen LogP contribution is 2.34. The Hall–Kier alpha value is -3.51. The molecule has 2 aromatic carbocycles. The molecule has 1 aliphatic rings. The molecule has 6 nitrogen and oxygen atoms in total. The van der Waals surface area contributed by atoms with E-state index in [0.717, 1.165) is 53.6 Å². The monoisotopic (exact) mass is 484 g/mol. The summed E-state index contributed by atoms with van der Waals surface area (Å²) in [5.74, 6) is 0.449.